The molecule has 1 N–H and O–H groups in total. The van der Waals surface area contributed by atoms with E-state index >= 15 is 0 Å². The van der Waals surface area contributed by atoms with Gasteiger partial charge < -0.3 is 5.32 Å². The Morgan fingerprint density at radius 2 is 1.95 bits per heavy atom. The van der Waals surface area contributed by atoms with Crippen molar-refractivity contribution in [3.63, 3.8) is 0 Å². The standard InChI is InChI=1S/C16H27N3O2/c1-5-13(6-2)11-18(7-3)12-14-8-9-15(17-4)16(10-14)19(20)21/h8-10,13,17H,5-7,11-12H2,1-4H3. The summed E-state index contributed by atoms with van der Waals surface area (Å²) in [4.78, 5) is 13.1. The fourth-order valence-corrected chi connectivity index (χ4v) is 2.51. The first kappa shape index (κ1) is 17.4. The van der Waals surface area contributed by atoms with Crippen LogP contribution in [0.1, 0.15) is 39.2 Å². The molecule has 0 bridgehead atoms. The van der Waals surface area contributed by atoms with Crippen molar-refractivity contribution in [2.45, 2.75) is 40.2 Å². The Balaban J connectivity index is 2.85. The SMILES string of the molecule is CCC(CC)CN(CC)Cc1ccc(NC)c([N+](=O)[O-])c1. The first-order valence-corrected chi connectivity index (χ1v) is 7.73. The molecule has 1 aromatic carbocycles. The number of rotatable bonds is 9. The van der Waals surface area contributed by atoms with E-state index in [1.165, 1.54) is 12.8 Å². The molecule has 0 amide bonds. The molecule has 0 aliphatic rings. The van der Waals surface area contributed by atoms with Gasteiger partial charge in [-0.25, -0.2) is 0 Å². The van der Waals surface area contributed by atoms with Crippen LogP contribution in [0.3, 0.4) is 0 Å². The molecule has 1 rings (SSSR count). The van der Waals surface area contributed by atoms with Gasteiger partial charge >= 0.3 is 0 Å². The maximum Gasteiger partial charge on any atom is 0.292 e. The average Bonchev–Trinajstić information content (AvgIpc) is 2.51. The van der Waals surface area contributed by atoms with E-state index in [0.29, 0.717) is 11.6 Å². The number of hydrogen-bond acceptors (Lipinski definition) is 4. The summed E-state index contributed by atoms with van der Waals surface area (Å²) in [5.74, 6) is 0.691. The van der Waals surface area contributed by atoms with Crippen LogP contribution in [0.2, 0.25) is 0 Å². The molecular weight excluding hydrogens is 266 g/mol. The van der Waals surface area contributed by atoms with Crippen molar-refractivity contribution in [2.75, 3.05) is 25.5 Å². The fourth-order valence-electron chi connectivity index (χ4n) is 2.51. The normalized spacial score (nSPS) is 11.1. The van der Waals surface area contributed by atoms with Gasteiger partial charge in [0.1, 0.15) is 5.69 Å². The predicted molar refractivity (Wildman–Crippen MR) is 87.7 cm³/mol. The van der Waals surface area contributed by atoms with E-state index in [2.05, 4.69) is 31.0 Å². The van der Waals surface area contributed by atoms with Crippen molar-refractivity contribution in [3.8, 4) is 0 Å². The average molecular weight is 293 g/mol. The molecule has 5 nitrogen and oxygen atoms in total. The van der Waals surface area contributed by atoms with E-state index in [1.54, 1.807) is 19.2 Å². The molecular formula is C16H27N3O2. The lowest BCUT2D eigenvalue weighted by Crippen LogP contribution is -2.28. The molecule has 5 heteroatoms. The number of nitro benzene ring substituents is 1. The summed E-state index contributed by atoms with van der Waals surface area (Å²) >= 11 is 0. The van der Waals surface area contributed by atoms with Crippen molar-refractivity contribution < 1.29 is 4.92 Å². The molecule has 21 heavy (non-hydrogen) atoms. The number of hydrogen-bond donors (Lipinski definition) is 1. The second-order valence-corrected chi connectivity index (χ2v) is 5.37. The highest BCUT2D eigenvalue weighted by Crippen LogP contribution is 2.26. The molecule has 0 radical (unpaired) electrons. The second-order valence-electron chi connectivity index (χ2n) is 5.37. The molecule has 0 aromatic heterocycles. The molecule has 0 saturated carbocycles. The molecule has 0 saturated heterocycles. The van der Waals surface area contributed by atoms with Gasteiger partial charge in [-0.15, -0.1) is 0 Å². The smallest absolute Gasteiger partial charge is 0.292 e. The summed E-state index contributed by atoms with van der Waals surface area (Å²) in [6, 6.07) is 5.44. The Bertz CT molecular complexity index is 459. The van der Waals surface area contributed by atoms with Crippen LogP contribution in [-0.2, 0) is 6.54 Å². The summed E-state index contributed by atoms with van der Waals surface area (Å²) in [6.07, 6.45) is 2.34. The molecule has 0 atom stereocenters. The maximum atomic E-state index is 11.1. The zero-order chi connectivity index (χ0) is 15.8. The van der Waals surface area contributed by atoms with Gasteiger partial charge in [-0.3, -0.25) is 15.0 Å². The fraction of sp³-hybridized carbons (Fsp3) is 0.625. The first-order valence-electron chi connectivity index (χ1n) is 7.73. The lowest BCUT2D eigenvalue weighted by molar-refractivity contribution is -0.384. The predicted octanol–water partition coefficient (Wildman–Crippen LogP) is 3.89. The number of nitrogens with zero attached hydrogens (tertiary/aromatic N) is 2. The van der Waals surface area contributed by atoms with Crippen LogP contribution in [-0.4, -0.2) is 30.0 Å². The van der Waals surface area contributed by atoms with Crippen molar-refractivity contribution in [2.24, 2.45) is 5.92 Å². The van der Waals surface area contributed by atoms with Crippen LogP contribution >= 0.6 is 0 Å². The molecule has 0 fully saturated rings. The Kier molecular flexibility index (Phi) is 7.15. The quantitative estimate of drug-likeness (QED) is 0.554. The molecule has 0 unspecified atom stereocenters. The maximum absolute atomic E-state index is 11.1. The Morgan fingerprint density at radius 1 is 1.29 bits per heavy atom. The number of benzene rings is 1. The lowest BCUT2D eigenvalue weighted by atomic mass is 10.0. The van der Waals surface area contributed by atoms with Gasteiger partial charge in [-0.05, 0) is 24.1 Å². The highest BCUT2D eigenvalue weighted by atomic mass is 16.6. The van der Waals surface area contributed by atoms with E-state index in [0.717, 1.165) is 25.2 Å². The highest BCUT2D eigenvalue weighted by Gasteiger charge is 2.15. The van der Waals surface area contributed by atoms with Gasteiger partial charge in [0.15, 0.2) is 0 Å². The molecule has 118 valence electrons. The second kappa shape index (κ2) is 8.62. The van der Waals surface area contributed by atoms with Gasteiger partial charge in [-0.2, -0.15) is 0 Å². The minimum absolute atomic E-state index is 0.147. The minimum atomic E-state index is -0.327. The molecule has 0 aliphatic heterocycles. The van der Waals surface area contributed by atoms with E-state index in [1.807, 2.05) is 6.07 Å². The van der Waals surface area contributed by atoms with Crippen LogP contribution < -0.4 is 5.32 Å². The van der Waals surface area contributed by atoms with Gasteiger partial charge in [0.25, 0.3) is 5.69 Å². The van der Waals surface area contributed by atoms with Crippen LogP contribution in [0.15, 0.2) is 18.2 Å². The van der Waals surface area contributed by atoms with E-state index in [4.69, 9.17) is 0 Å². The van der Waals surface area contributed by atoms with E-state index in [-0.39, 0.29) is 10.6 Å². The van der Waals surface area contributed by atoms with Crippen molar-refractivity contribution in [1.82, 2.24) is 4.90 Å². The first-order chi connectivity index (χ1) is 10.0. The summed E-state index contributed by atoms with van der Waals surface area (Å²) in [6.45, 7) is 9.34. The van der Waals surface area contributed by atoms with Crippen LogP contribution in [0, 0.1) is 16.0 Å². The Morgan fingerprint density at radius 3 is 2.43 bits per heavy atom. The third-order valence-electron chi connectivity index (χ3n) is 4.05. The molecule has 0 heterocycles. The zero-order valence-corrected chi connectivity index (χ0v) is 13.6. The monoisotopic (exact) mass is 293 g/mol. The van der Waals surface area contributed by atoms with Gasteiger partial charge in [0, 0.05) is 26.2 Å². The summed E-state index contributed by atoms with van der Waals surface area (Å²) in [5.41, 5.74) is 1.70. The number of nitro groups is 1. The van der Waals surface area contributed by atoms with E-state index in [9.17, 15) is 10.1 Å². The number of nitrogens with one attached hydrogen (secondary N) is 1. The minimum Gasteiger partial charge on any atom is -0.383 e. The summed E-state index contributed by atoms with van der Waals surface area (Å²) in [5, 5.41) is 14.0. The number of anilines is 1. The third-order valence-corrected chi connectivity index (χ3v) is 4.05. The van der Waals surface area contributed by atoms with Gasteiger partial charge in [-0.1, -0.05) is 39.7 Å². The van der Waals surface area contributed by atoms with Crippen molar-refractivity contribution >= 4 is 11.4 Å². The van der Waals surface area contributed by atoms with Gasteiger partial charge in [0.2, 0.25) is 0 Å². The Labute approximate surface area is 127 Å². The zero-order valence-electron chi connectivity index (χ0n) is 13.6. The van der Waals surface area contributed by atoms with Crippen LogP contribution in [0.25, 0.3) is 0 Å². The van der Waals surface area contributed by atoms with Crippen LogP contribution in [0.4, 0.5) is 11.4 Å². The van der Waals surface area contributed by atoms with Crippen molar-refractivity contribution in [1.29, 1.82) is 0 Å². The highest BCUT2D eigenvalue weighted by molar-refractivity contribution is 5.62. The van der Waals surface area contributed by atoms with Crippen molar-refractivity contribution in [3.05, 3.63) is 33.9 Å². The summed E-state index contributed by atoms with van der Waals surface area (Å²) in [7, 11) is 1.70. The van der Waals surface area contributed by atoms with Gasteiger partial charge in [0.05, 0.1) is 4.92 Å². The molecule has 0 spiro atoms. The Hall–Kier alpha value is -1.62. The topological polar surface area (TPSA) is 58.4 Å². The molecule has 1 aromatic rings. The largest absolute Gasteiger partial charge is 0.383 e. The lowest BCUT2D eigenvalue weighted by Gasteiger charge is -2.25. The molecule has 0 aliphatic carbocycles. The van der Waals surface area contributed by atoms with E-state index < -0.39 is 0 Å². The van der Waals surface area contributed by atoms with Crippen LogP contribution in [0.5, 0.6) is 0 Å². The summed E-state index contributed by atoms with van der Waals surface area (Å²) < 4.78 is 0. The third kappa shape index (κ3) is 5.01.